The van der Waals surface area contributed by atoms with Crippen LogP contribution in [0, 0.1) is 13.8 Å². The molecule has 90 valence electrons. The van der Waals surface area contributed by atoms with Crippen molar-refractivity contribution >= 4 is 11.3 Å². The van der Waals surface area contributed by atoms with Crippen LogP contribution in [0.3, 0.4) is 0 Å². The molecule has 1 saturated heterocycles. The summed E-state index contributed by atoms with van der Waals surface area (Å²) in [5.74, 6) is 0. The van der Waals surface area contributed by atoms with Gasteiger partial charge in [-0.05, 0) is 13.8 Å². The summed E-state index contributed by atoms with van der Waals surface area (Å²) in [5.41, 5.74) is 0.977. The van der Waals surface area contributed by atoms with E-state index in [1.54, 1.807) is 11.3 Å². The molecular weight excluding hydrogens is 222 g/mol. The van der Waals surface area contributed by atoms with Gasteiger partial charge in [-0.25, -0.2) is 4.98 Å². The second-order valence-electron chi connectivity index (χ2n) is 4.25. The molecule has 1 atom stereocenters. The van der Waals surface area contributed by atoms with Crippen molar-refractivity contribution < 1.29 is 5.11 Å². The van der Waals surface area contributed by atoms with Gasteiger partial charge in [0.2, 0.25) is 0 Å². The Labute approximate surface area is 100 Å². The monoisotopic (exact) mass is 241 g/mol. The van der Waals surface area contributed by atoms with Gasteiger partial charge in [0.15, 0.2) is 0 Å². The van der Waals surface area contributed by atoms with Gasteiger partial charge in [-0.2, -0.15) is 0 Å². The van der Waals surface area contributed by atoms with Gasteiger partial charge in [-0.15, -0.1) is 11.3 Å². The minimum absolute atomic E-state index is 0.385. The van der Waals surface area contributed by atoms with E-state index >= 15 is 0 Å². The molecule has 0 spiro atoms. The van der Waals surface area contributed by atoms with Crippen molar-refractivity contribution in [2.75, 3.05) is 32.7 Å². The number of aromatic nitrogens is 1. The number of piperazine rings is 1. The summed E-state index contributed by atoms with van der Waals surface area (Å²) in [4.78, 5) is 7.68. The SMILES string of the molecule is Cc1nc(C)c(C(O)CN2CCNCC2)s1. The zero-order valence-electron chi connectivity index (χ0n) is 9.86. The Morgan fingerprint density at radius 1 is 1.44 bits per heavy atom. The van der Waals surface area contributed by atoms with Gasteiger partial charge >= 0.3 is 0 Å². The maximum absolute atomic E-state index is 10.2. The zero-order chi connectivity index (χ0) is 11.5. The van der Waals surface area contributed by atoms with Gasteiger partial charge < -0.3 is 10.4 Å². The molecule has 4 nitrogen and oxygen atoms in total. The minimum atomic E-state index is -0.385. The van der Waals surface area contributed by atoms with Crippen molar-refractivity contribution in [2.24, 2.45) is 0 Å². The summed E-state index contributed by atoms with van der Waals surface area (Å²) in [7, 11) is 0. The van der Waals surface area contributed by atoms with Crippen LogP contribution in [0.25, 0.3) is 0 Å². The summed E-state index contributed by atoms with van der Waals surface area (Å²) in [6.07, 6.45) is -0.385. The van der Waals surface area contributed by atoms with Gasteiger partial charge in [0.1, 0.15) is 6.10 Å². The quantitative estimate of drug-likeness (QED) is 0.818. The Hall–Kier alpha value is -0.490. The maximum Gasteiger partial charge on any atom is 0.103 e. The number of thiazole rings is 1. The van der Waals surface area contributed by atoms with E-state index in [0.717, 1.165) is 48.3 Å². The highest BCUT2D eigenvalue weighted by atomic mass is 32.1. The fourth-order valence-electron chi connectivity index (χ4n) is 2.08. The first-order chi connectivity index (χ1) is 7.66. The van der Waals surface area contributed by atoms with Crippen molar-refractivity contribution in [3.05, 3.63) is 15.6 Å². The third-order valence-corrected chi connectivity index (χ3v) is 4.06. The molecule has 0 aromatic carbocycles. The molecule has 1 aliphatic heterocycles. The summed E-state index contributed by atoms with van der Waals surface area (Å²) in [5, 5.41) is 14.5. The highest BCUT2D eigenvalue weighted by Crippen LogP contribution is 2.25. The van der Waals surface area contributed by atoms with Crippen LogP contribution in [-0.2, 0) is 0 Å². The molecule has 0 saturated carbocycles. The lowest BCUT2D eigenvalue weighted by Crippen LogP contribution is -2.44. The maximum atomic E-state index is 10.2. The van der Waals surface area contributed by atoms with E-state index < -0.39 is 0 Å². The number of nitrogens with zero attached hydrogens (tertiary/aromatic N) is 2. The molecular formula is C11H19N3OS. The van der Waals surface area contributed by atoms with Crippen molar-refractivity contribution in [1.82, 2.24) is 15.2 Å². The molecule has 0 bridgehead atoms. The first kappa shape index (κ1) is 12.0. The summed E-state index contributed by atoms with van der Waals surface area (Å²) >= 11 is 1.61. The second-order valence-corrected chi connectivity index (χ2v) is 5.48. The van der Waals surface area contributed by atoms with E-state index in [0.29, 0.717) is 0 Å². The van der Waals surface area contributed by atoms with Crippen LogP contribution < -0.4 is 5.32 Å². The lowest BCUT2D eigenvalue weighted by atomic mass is 10.2. The van der Waals surface area contributed by atoms with Gasteiger partial charge in [-0.1, -0.05) is 0 Å². The normalized spacial score (nSPS) is 19.9. The van der Waals surface area contributed by atoms with Crippen LogP contribution in [0.1, 0.15) is 21.7 Å². The molecule has 1 aliphatic rings. The number of β-amino-alcohol motifs (C(OH)–C–C–N with tert-alkyl or cyclic N) is 1. The van der Waals surface area contributed by atoms with E-state index in [9.17, 15) is 5.11 Å². The topological polar surface area (TPSA) is 48.4 Å². The Morgan fingerprint density at radius 3 is 2.69 bits per heavy atom. The van der Waals surface area contributed by atoms with Crippen LogP contribution in [-0.4, -0.2) is 47.7 Å². The predicted molar refractivity (Wildman–Crippen MR) is 65.9 cm³/mol. The number of hydrogen-bond acceptors (Lipinski definition) is 5. The first-order valence-corrected chi connectivity index (χ1v) is 6.53. The van der Waals surface area contributed by atoms with Crippen molar-refractivity contribution in [2.45, 2.75) is 20.0 Å². The van der Waals surface area contributed by atoms with E-state index in [1.165, 1.54) is 0 Å². The average molecular weight is 241 g/mol. The van der Waals surface area contributed by atoms with E-state index in [1.807, 2.05) is 13.8 Å². The molecule has 1 aromatic rings. The molecule has 2 rings (SSSR count). The van der Waals surface area contributed by atoms with Crippen LogP contribution >= 0.6 is 11.3 Å². The number of aliphatic hydroxyl groups excluding tert-OH is 1. The van der Waals surface area contributed by atoms with Gasteiger partial charge in [0.25, 0.3) is 0 Å². The highest BCUT2D eigenvalue weighted by Gasteiger charge is 2.19. The Morgan fingerprint density at radius 2 is 2.12 bits per heavy atom. The lowest BCUT2D eigenvalue weighted by Gasteiger charge is -2.28. The minimum Gasteiger partial charge on any atom is -0.386 e. The largest absolute Gasteiger partial charge is 0.386 e. The van der Waals surface area contributed by atoms with Crippen LogP contribution in [0.5, 0.6) is 0 Å². The van der Waals surface area contributed by atoms with Gasteiger partial charge in [-0.3, -0.25) is 4.90 Å². The number of aryl methyl sites for hydroxylation is 2. The van der Waals surface area contributed by atoms with Gasteiger partial charge in [0, 0.05) is 32.7 Å². The van der Waals surface area contributed by atoms with Crippen molar-refractivity contribution in [1.29, 1.82) is 0 Å². The molecule has 2 heterocycles. The van der Waals surface area contributed by atoms with Crippen LogP contribution in [0.4, 0.5) is 0 Å². The molecule has 1 aromatic heterocycles. The lowest BCUT2D eigenvalue weighted by molar-refractivity contribution is 0.107. The molecule has 1 unspecified atom stereocenters. The van der Waals surface area contributed by atoms with Gasteiger partial charge in [0.05, 0.1) is 15.6 Å². The smallest absolute Gasteiger partial charge is 0.103 e. The summed E-state index contributed by atoms with van der Waals surface area (Å²) in [6.45, 7) is 8.77. The number of aliphatic hydroxyl groups is 1. The van der Waals surface area contributed by atoms with E-state index in [4.69, 9.17) is 0 Å². The van der Waals surface area contributed by atoms with E-state index in [-0.39, 0.29) is 6.10 Å². The third-order valence-electron chi connectivity index (χ3n) is 2.88. The zero-order valence-corrected chi connectivity index (χ0v) is 10.7. The molecule has 0 radical (unpaired) electrons. The Bertz CT molecular complexity index is 347. The Kier molecular flexibility index (Phi) is 3.91. The second kappa shape index (κ2) is 5.23. The molecule has 1 fully saturated rings. The summed E-state index contributed by atoms with van der Waals surface area (Å²) < 4.78 is 0. The number of nitrogens with one attached hydrogen (secondary N) is 1. The number of rotatable bonds is 3. The fraction of sp³-hybridized carbons (Fsp3) is 0.727. The molecule has 2 N–H and O–H groups in total. The average Bonchev–Trinajstić information content (AvgIpc) is 2.59. The molecule has 0 amide bonds. The standard InChI is InChI=1S/C11H19N3OS/c1-8-11(16-9(2)13-8)10(15)7-14-5-3-12-4-6-14/h10,12,15H,3-7H2,1-2H3. The van der Waals surface area contributed by atoms with Crippen LogP contribution in [0.2, 0.25) is 0 Å². The highest BCUT2D eigenvalue weighted by molar-refractivity contribution is 7.11. The van der Waals surface area contributed by atoms with E-state index in [2.05, 4.69) is 15.2 Å². The fourth-order valence-corrected chi connectivity index (χ4v) is 2.98. The van der Waals surface area contributed by atoms with Crippen LogP contribution in [0.15, 0.2) is 0 Å². The summed E-state index contributed by atoms with van der Waals surface area (Å²) in [6, 6.07) is 0. The van der Waals surface area contributed by atoms with Crippen molar-refractivity contribution in [3.8, 4) is 0 Å². The molecule has 0 aliphatic carbocycles. The first-order valence-electron chi connectivity index (χ1n) is 5.72. The molecule has 16 heavy (non-hydrogen) atoms. The predicted octanol–water partition coefficient (Wildman–Crippen LogP) is 0.699. The Balaban J connectivity index is 1.96. The number of hydrogen-bond donors (Lipinski definition) is 2. The van der Waals surface area contributed by atoms with Crippen molar-refractivity contribution in [3.63, 3.8) is 0 Å². The molecule has 5 heteroatoms. The third kappa shape index (κ3) is 2.79.